The number of hydrogen-bond donors (Lipinski definition) is 0. The van der Waals surface area contributed by atoms with Gasteiger partial charge < -0.3 is 14.5 Å². The van der Waals surface area contributed by atoms with E-state index in [0.717, 1.165) is 38.2 Å². The molecule has 3 nitrogen and oxygen atoms in total. The summed E-state index contributed by atoms with van der Waals surface area (Å²) >= 11 is 0. The summed E-state index contributed by atoms with van der Waals surface area (Å²) in [6, 6.07) is 0. The average molecular weight is 290 g/mol. The first-order chi connectivity index (χ1) is 10.2. The van der Waals surface area contributed by atoms with Crippen LogP contribution in [0.25, 0.3) is 0 Å². The number of allylic oxidation sites excluding steroid dienone is 2. The highest BCUT2D eigenvalue weighted by Gasteiger charge is 2.48. The summed E-state index contributed by atoms with van der Waals surface area (Å²) in [5, 5.41) is 0. The van der Waals surface area contributed by atoms with Gasteiger partial charge in [-0.2, -0.15) is 0 Å². The van der Waals surface area contributed by atoms with Crippen LogP contribution in [0.1, 0.15) is 53.4 Å². The Morgan fingerprint density at radius 1 is 1.29 bits per heavy atom. The largest absolute Gasteiger partial charge is 0.496 e. The lowest BCUT2D eigenvalue weighted by Gasteiger charge is -2.39. The van der Waals surface area contributed by atoms with Crippen LogP contribution in [0.3, 0.4) is 0 Å². The van der Waals surface area contributed by atoms with Gasteiger partial charge in [0.1, 0.15) is 11.9 Å². The second-order valence-corrected chi connectivity index (χ2v) is 5.87. The number of hydrogen-bond acceptors (Lipinski definition) is 3. The van der Waals surface area contributed by atoms with Crippen LogP contribution in [0.5, 0.6) is 0 Å². The van der Waals surface area contributed by atoms with Crippen molar-refractivity contribution in [3.8, 4) is 0 Å². The maximum atomic E-state index is 5.90. The van der Waals surface area contributed by atoms with E-state index in [2.05, 4.69) is 62.5 Å². The van der Waals surface area contributed by atoms with E-state index >= 15 is 0 Å². The standard InChI is InChI=1S/C18H30N2O/c1-6-15(16(7-2)21-10-5)20-14-13-19-12-11-18(8-3,9-4)17(19)20/h8,13-14,17H,3,6-7,9-12H2,1-2,4-5H3/b16-15-. The van der Waals surface area contributed by atoms with Crippen LogP contribution in [0.4, 0.5) is 0 Å². The first-order valence-electron chi connectivity index (χ1n) is 8.38. The lowest BCUT2D eigenvalue weighted by molar-refractivity contribution is 0.119. The molecule has 1 fully saturated rings. The van der Waals surface area contributed by atoms with Crippen LogP contribution < -0.4 is 0 Å². The molecule has 0 spiro atoms. The average Bonchev–Trinajstić information content (AvgIpc) is 3.08. The van der Waals surface area contributed by atoms with E-state index in [1.165, 1.54) is 12.1 Å². The second-order valence-electron chi connectivity index (χ2n) is 5.87. The predicted molar refractivity (Wildman–Crippen MR) is 88.2 cm³/mol. The lowest BCUT2D eigenvalue weighted by Crippen LogP contribution is -2.44. The molecule has 0 aromatic heterocycles. The maximum absolute atomic E-state index is 5.90. The molecule has 1 saturated heterocycles. The Morgan fingerprint density at radius 3 is 2.57 bits per heavy atom. The molecule has 3 heteroatoms. The fourth-order valence-corrected chi connectivity index (χ4v) is 3.79. The van der Waals surface area contributed by atoms with E-state index in [4.69, 9.17) is 4.74 Å². The Morgan fingerprint density at radius 2 is 2.05 bits per heavy atom. The molecule has 2 atom stereocenters. The molecule has 0 aromatic carbocycles. The van der Waals surface area contributed by atoms with E-state index in [0.29, 0.717) is 6.17 Å². The van der Waals surface area contributed by atoms with Crippen molar-refractivity contribution in [2.24, 2.45) is 5.41 Å². The molecule has 2 aliphatic heterocycles. The Kier molecular flexibility index (Phi) is 5.02. The van der Waals surface area contributed by atoms with Gasteiger partial charge in [0.15, 0.2) is 0 Å². The van der Waals surface area contributed by atoms with E-state index in [1.54, 1.807) is 0 Å². The monoisotopic (exact) mass is 290 g/mol. The van der Waals surface area contributed by atoms with Crippen LogP contribution in [0.15, 0.2) is 36.5 Å². The first kappa shape index (κ1) is 16.0. The molecule has 0 aliphatic carbocycles. The van der Waals surface area contributed by atoms with E-state index in [1.807, 2.05) is 0 Å². The molecule has 0 saturated carbocycles. The van der Waals surface area contributed by atoms with Crippen molar-refractivity contribution in [3.05, 3.63) is 36.5 Å². The van der Waals surface area contributed by atoms with Gasteiger partial charge >= 0.3 is 0 Å². The summed E-state index contributed by atoms with van der Waals surface area (Å²) in [4.78, 5) is 4.90. The molecule has 2 aliphatic rings. The molecule has 2 unspecified atom stereocenters. The topological polar surface area (TPSA) is 15.7 Å². The highest BCUT2D eigenvalue weighted by molar-refractivity contribution is 5.22. The van der Waals surface area contributed by atoms with Gasteiger partial charge in [-0.1, -0.05) is 26.8 Å². The highest BCUT2D eigenvalue weighted by atomic mass is 16.5. The zero-order valence-corrected chi connectivity index (χ0v) is 14.1. The first-order valence-corrected chi connectivity index (χ1v) is 8.38. The Bertz CT molecular complexity index is 440. The van der Waals surface area contributed by atoms with Gasteiger partial charge in [0.05, 0.1) is 12.3 Å². The van der Waals surface area contributed by atoms with Crippen molar-refractivity contribution in [3.63, 3.8) is 0 Å². The molecule has 0 radical (unpaired) electrons. The minimum Gasteiger partial charge on any atom is -0.496 e. The van der Waals surface area contributed by atoms with Crippen LogP contribution in [0.2, 0.25) is 0 Å². The number of fused-ring (bicyclic) bond motifs is 1. The molecule has 21 heavy (non-hydrogen) atoms. The summed E-state index contributed by atoms with van der Waals surface area (Å²) in [5.41, 5.74) is 1.50. The van der Waals surface area contributed by atoms with Crippen molar-refractivity contribution in [1.82, 2.24) is 9.80 Å². The van der Waals surface area contributed by atoms with Crippen molar-refractivity contribution in [2.75, 3.05) is 13.2 Å². The number of nitrogens with zero attached hydrogens (tertiary/aromatic N) is 2. The molecule has 2 heterocycles. The van der Waals surface area contributed by atoms with E-state index in [-0.39, 0.29) is 5.41 Å². The van der Waals surface area contributed by atoms with Gasteiger partial charge in [0.2, 0.25) is 0 Å². The molecule has 0 bridgehead atoms. The second kappa shape index (κ2) is 6.59. The smallest absolute Gasteiger partial charge is 0.115 e. The fourth-order valence-electron chi connectivity index (χ4n) is 3.79. The molecule has 0 N–H and O–H groups in total. The van der Waals surface area contributed by atoms with Crippen LogP contribution in [-0.4, -0.2) is 29.1 Å². The molecular weight excluding hydrogens is 260 g/mol. The van der Waals surface area contributed by atoms with Crippen LogP contribution in [-0.2, 0) is 4.74 Å². The zero-order valence-electron chi connectivity index (χ0n) is 14.1. The molecule has 2 rings (SSSR count). The Balaban J connectivity index is 2.38. The quantitative estimate of drug-likeness (QED) is 0.509. The van der Waals surface area contributed by atoms with Gasteiger partial charge in [-0.3, -0.25) is 0 Å². The minimum absolute atomic E-state index is 0.176. The Hall–Kier alpha value is -1.38. The number of ether oxygens (including phenoxy) is 1. The minimum atomic E-state index is 0.176. The van der Waals surface area contributed by atoms with Gasteiger partial charge in [0.25, 0.3) is 0 Å². The highest BCUT2D eigenvalue weighted by Crippen LogP contribution is 2.47. The van der Waals surface area contributed by atoms with Crippen LogP contribution in [0, 0.1) is 5.41 Å². The maximum Gasteiger partial charge on any atom is 0.115 e. The molecule has 118 valence electrons. The van der Waals surface area contributed by atoms with E-state index in [9.17, 15) is 0 Å². The molecule has 0 aromatic rings. The van der Waals surface area contributed by atoms with Gasteiger partial charge in [-0.15, -0.1) is 6.58 Å². The zero-order chi connectivity index (χ0) is 15.5. The third-order valence-corrected chi connectivity index (χ3v) is 5.02. The lowest BCUT2D eigenvalue weighted by atomic mass is 9.81. The summed E-state index contributed by atoms with van der Waals surface area (Å²) < 4.78 is 5.90. The summed E-state index contributed by atoms with van der Waals surface area (Å²) in [6.07, 6.45) is 11.3. The fraction of sp³-hybridized carbons (Fsp3) is 0.667. The van der Waals surface area contributed by atoms with Crippen LogP contribution >= 0.6 is 0 Å². The SMILES string of the molecule is C=CC1(CC)CCN2C=CN(/C(CC)=C(/CC)OCC)C21. The van der Waals surface area contributed by atoms with Crippen molar-refractivity contribution >= 4 is 0 Å². The van der Waals surface area contributed by atoms with Crippen molar-refractivity contribution in [1.29, 1.82) is 0 Å². The van der Waals surface area contributed by atoms with E-state index < -0.39 is 0 Å². The van der Waals surface area contributed by atoms with Gasteiger partial charge in [-0.25, -0.2) is 0 Å². The summed E-state index contributed by atoms with van der Waals surface area (Å²) in [7, 11) is 0. The molecular formula is C18H30N2O. The summed E-state index contributed by atoms with van der Waals surface area (Å²) in [5.74, 6) is 1.13. The normalized spacial score (nSPS) is 28.7. The number of rotatable bonds is 7. The summed E-state index contributed by atoms with van der Waals surface area (Å²) in [6.45, 7) is 14.7. The third-order valence-electron chi connectivity index (χ3n) is 5.02. The van der Waals surface area contributed by atoms with Gasteiger partial charge in [0, 0.05) is 30.8 Å². The molecule has 0 amide bonds. The Labute approximate surface area is 129 Å². The van der Waals surface area contributed by atoms with Crippen molar-refractivity contribution < 1.29 is 4.74 Å². The predicted octanol–water partition coefficient (Wildman–Crippen LogP) is 4.46. The van der Waals surface area contributed by atoms with Crippen molar-refractivity contribution in [2.45, 2.75) is 59.5 Å². The van der Waals surface area contributed by atoms with Gasteiger partial charge in [-0.05, 0) is 26.2 Å². The third kappa shape index (κ3) is 2.58.